The maximum absolute atomic E-state index is 11.3. The summed E-state index contributed by atoms with van der Waals surface area (Å²) in [5, 5.41) is 3.26. The number of carbonyl (C=O) groups excluding carboxylic acids is 1. The number of methoxy groups -OCH3 is 1. The first kappa shape index (κ1) is 14.3. The van der Waals surface area contributed by atoms with Crippen LogP contribution in [0.5, 0.6) is 5.75 Å². The van der Waals surface area contributed by atoms with Crippen molar-refractivity contribution in [2.75, 3.05) is 7.11 Å². The van der Waals surface area contributed by atoms with Gasteiger partial charge in [0, 0.05) is 6.54 Å². The lowest BCUT2D eigenvalue weighted by Crippen LogP contribution is -2.22. The Balaban J connectivity index is 2.03. The molecule has 2 rings (SSSR count). The largest absolute Gasteiger partial charge is 0.497 e. The van der Waals surface area contributed by atoms with Crippen LogP contribution in [0, 0.1) is 6.92 Å². The van der Waals surface area contributed by atoms with Gasteiger partial charge < -0.3 is 9.53 Å². The van der Waals surface area contributed by atoms with E-state index in [2.05, 4.69) is 30.4 Å². The number of nitrogens with one attached hydrogen (secondary N) is 1. The molecule has 1 atom stereocenters. The maximum Gasteiger partial charge on any atom is 0.141 e. The van der Waals surface area contributed by atoms with Crippen LogP contribution in [-0.4, -0.2) is 13.4 Å². The van der Waals surface area contributed by atoms with E-state index in [-0.39, 0.29) is 6.04 Å². The Morgan fingerprint density at radius 3 is 2.55 bits per heavy atom. The molecule has 0 heterocycles. The molecule has 3 heteroatoms. The van der Waals surface area contributed by atoms with E-state index in [1.807, 2.05) is 30.3 Å². The van der Waals surface area contributed by atoms with Crippen molar-refractivity contribution in [1.29, 1.82) is 0 Å². The normalized spacial score (nSPS) is 11.9. The molecule has 0 fully saturated rings. The topological polar surface area (TPSA) is 38.3 Å². The number of hydrogen-bond acceptors (Lipinski definition) is 3. The van der Waals surface area contributed by atoms with Gasteiger partial charge in [-0.3, -0.25) is 5.32 Å². The Labute approximate surface area is 119 Å². The highest BCUT2D eigenvalue weighted by atomic mass is 16.5. The van der Waals surface area contributed by atoms with E-state index in [9.17, 15) is 4.79 Å². The Morgan fingerprint density at radius 1 is 1.20 bits per heavy atom. The monoisotopic (exact) mass is 269 g/mol. The summed E-state index contributed by atoms with van der Waals surface area (Å²) in [6.07, 6.45) is 0.928. The summed E-state index contributed by atoms with van der Waals surface area (Å²) in [6, 6.07) is 15.5. The predicted molar refractivity (Wildman–Crippen MR) is 79.8 cm³/mol. The SMILES string of the molecule is COc1ccc(C(C=O)NCc2cccc(C)c2)cc1. The van der Waals surface area contributed by atoms with E-state index in [4.69, 9.17) is 4.74 Å². The molecule has 0 saturated heterocycles. The van der Waals surface area contributed by atoms with Gasteiger partial charge in [-0.1, -0.05) is 42.0 Å². The van der Waals surface area contributed by atoms with Crippen LogP contribution in [-0.2, 0) is 11.3 Å². The molecule has 3 nitrogen and oxygen atoms in total. The minimum atomic E-state index is -0.304. The van der Waals surface area contributed by atoms with Gasteiger partial charge in [-0.05, 0) is 30.2 Å². The van der Waals surface area contributed by atoms with Crippen molar-refractivity contribution in [3.8, 4) is 5.75 Å². The Hall–Kier alpha value is -2.13. The highest BCUT2D eigenvalue weighted by Gasteiger charge is 2.09. The third-order valence-electron chi connectivity index (χ3n) is 3.22. The second-order valence-electron chi connectivity index (χ2n) is 4.76. The molecule has 104 valence electrons. The van der Waals surface area contributed by atoms with Crippen LogP contribution in [0.2, 0.25) is 0 Å². The van der Waals surface area contributed by atoms with Gasteiger partial charge in [0.25, 0.3) is 0 Å². The van der Waals surface area contributed by atoms with Crippen molar-refractivity contribution in [3.05, 3.63) is 65.2 Å². The number of benzene rings is 2. The van der Waals surface area contributed by atoms with E-state index >= 15 is 0 Å². The second kappa shape index (κ2) is 6.87. The van der Waals surface area contributed by atoms with Crippen LogP contribution in [0.25, 0.3) is 0 Å². The first-order valence-electron chi connectivity index (χ1n) is 6.61. The second-order valence-corrected chi connectivity index (χ2v) is 4.76. The number of aldehydes is 1. The number of hydrogen-bond donors (Lipinski definition) is 1. The predicted octanol–water partition coefficient (Wildman–Crippen LogP) is 3.03. The highest BCUT2D eigenvalue weighted by molar-refractivity contribution is 5.61. The molecular formula is C17H19NO2. The van der Waals surface area contributed by atoms with Crippen molar-refractivity contribution in [2.45, 2.75) is 19.5 Å². The minimum absolute atomic E-state index is 0.304. The van der Waals surface area contributed by atoms with Crippen molar-refractivity contribution >= 4 is 6.29 Å². The standard InChI is InChI=1S/C17H19NO2/c1-13-4-3-5-14(10-13)11-18-17(12-19)15-6-8-16(20-2)9-7-15/h3-10,12,17-18H,11H2,1-2H3. The molecule has 0 aliphatic rings. The number of rotatable bonds is 6. The van der Waals surface area contributed by atoms with Crippen LogP contribution in [0.1, 0.15) is 22.7 Å². The number of ether oxygens (including phenoxy) is 1. The van der Waals surface area contributed by atoms with Gasteiger partial charge in [-0.15, -0.1) is 0 Å². The molecule has 20 heavy (non-hydrogen) atoms. The Bertz CT molecular complexity index is 563. The summed E-state index contributed by atoms with van der Waals surface area (Å²) >= 11 is 0. The lowest BCUT2D eigenvalue weighted by molar-refractivity contribution is -0.109. The van der Waals surface area contributed by atoms with Crippen LogP contribution >= 0.6 is 0 Å². The van der Waals surface area contributed by atoms with Gasteiger partial charge in [-0.2, -0.15) is 0 Å². The Kier molecular flexibility index (Phi) is 4.91. The summed E-state index contributed by atoms with van der Waals surface area (Å²) in [4.78, 5) is 11.3. The van der Waals surface area contributed by atoms with Crippen molar-refractivity contribution in [3.63, 3.8) is 0 Å². The summed E-state index contributed by atoms with van der Waals surface area (Å²) in [5.41, 5.74) is 3.33. The maximum atomic E-state index is 11.3. The van der Waals surface area contributed by atoms with Gasteiger partial charge in [0.05, 0.1) is 13.2 Å². The molecule has 0 radical (unpaired) electrons. The summed E-state index contributed by atoms with van der Waals surface area (Å²) < 4.78 is 5.12. The van der Waals surface area contributed by atoms with Crippen LogP contribution in [0.3, 0.4) is 0 Å². The minimum Gasteiger partial charge on any atom is -0.497 e. The van der Waals surface area contributed by atoms with Crippen molar-refractivity contribution in [2.24, 2.45) is 0 Å². The van der Waals surface area contributed by atoms with E-state index < -0.39 is 0 Å². The van der Waals surface area contributed by atoms with Crippen LogP contribution in [0.4, 0.5) is 0 Å². The molecular weight excluding hydrogens is 250 g/mol. The molecule has 0 amide bonds. The molecule has 0 aliphatic heterocycles. The molecule has 0 bridgehead atoms. The van der Waals surface area contributed by atoms with Gasteiger partial charge in [0.1, 0.15) is 12.0 Å². The van der Waals surface area contributed by atoms with Crippen LogP contribution < -0.4 is 10.1 Å². The molecule has 2 aromatic carbocycles. The molecule has 0 aliphatic carbocycles. The molecule has 2 aromatic rings. The van der Waals surface area contributed by atoms with Crippen molar-refractivity contribution in [1.82, 2.24) is 5.32 Å². The lowest BCUT2D eigenvalue weighted by atomic mass is 10.1. The fourth-order valence-corrected chi connectivity index (χ4v) is 2.11. The summed E-state index contributed by atoms with van der Waals surface area (Å²) in [5.74, 6) is 0.789. The Morgan fingerprint density at radius 2 is 1.95 bits per heavy atom. The zero-order chi connectivity index (χ0) is 14.4. The molecule has 0 spiro atoms. The average molecular weight is 269 g/mol. The summed E-state index contributed by atoms with van der Waals surface area (Å²) in [7, 11) is 1.63. The van der Waals surface area contributed by atoms with Gasteiger partial charge in [-0.25, -0.2) is 0 Å². The average Bonchev–Trinajstić information content (AvgIpc) is 2.48. The van der Waals surface area contributed by atoms with Crippen molar-refractivity contribution < 1.29 is 9.53 Å². The highest BCUT2D eigenvalue weighted by Crippen LogP contribution is 2.17. The van der Waals surface area contributed by atoms with Crippen LogP contribution in [0.15, 0.2) is 48.5 Å². The fraction of sp³-hybridized carbons (Fsp3) is 0.235. The lowest BCUT2D eigenvalue weighted by Gasteiger charge is -2.14. The zero-order valence-electron chi connectivity index (χ0n) is 11.8. The van der Waals surface area contributed by atoms with Gasteiger partial charge in [0.15, 0.2) is 0 Å². The van der Waals surface area contributed by atoms with Gasteiger partial charge >= 0.3 is 0 Å². The van der Waals surface area contributed by atoms with E-state index in [0.29, 0.717) is 6.54 Å². The summed E-state index contributed by atoms with van der Waals surface area (Å²) in [6.45, 7) is 2.72. The first-order chi connectivity index (χ1) is 9.72. The molecule has 1 N–H and O–H groups in total. The quantitative estimate of drug-likeness (QED) is 0.819. The van der Waals surface area contributed by atoms with Gasteiger partial charge in [0.2, 0.25) is 0 Å². The molecule has 0 aromatic heterocycles. The number of aryl methyl sites for hydroxylation is 1. The van der Waals surface area contributed by atoms with E-state index in [1.54, 1.807) is 7.11 Å². The fourth-order valence-electron chi connectivity index (χ4n) is 2.11. The van der Waals surface area contributed by atoms with E-state index in [0.717, 1.165) is 17.6 Å². The first-order valence-corrected chi connectivity index (χ1v) is 6.61. The molecule has 0 saturated carbocycles. The zero-order valence-corrected chi connectivity index (χ0v) is 11.8. The third kappa shape index (κ3) is 3.68. The smallest absolute Gasteiger partial charge is 0.141 e. The number of carbonyl (C=O) groups is 1. The molecule has 1 unspecified atom stereocenters. The van der Waals surface area contributed by atoms with E-state index in [1.165, 1.54) is 11.1 Å². The third-order valence-corrected chi connectivity index (χ3v) is 3.22.